The maximum Gasteiger partial charge on any atom is 1.00 e. The number of nitrogens with zero attached hydrogens (tertiary/aromatic N) is 2. The molecule has 0 spiro atoms. The van der Waals surface area contributed by atoms with Gasteiger partial charge in [-0.25, -0.2) is 4.98 Å². The van der Waals surface area contributed by atoms with Crippen LogP contribution in [0.3, 0.4) is 0 Å². The van der Waals surface area contributed by atoms with E-state index < -0.39 is 17.4 Å². The summed E-state index contributed by atoms with van der Waals surface area (Å²) in [6, 6.07) is 5.89. The van der Waals surface area contributed by atoms with Crippen LogP contribution in [0, 0.1) is 0 Å². The van der Waals surface area contributed by atoms with E-state index in [-0.39, 0.29) is 46.2 Å². The Hall–Kier alpha value is -1.75. The van der Waals surface area contributed by atoms with Crippen LogP contribution in [-0.2, 0) is 16.6 Å². The van der Waals surface area contributed by atoms with Crippen molar-refractivity contribution in [2.45, 2.75) is 17.5 Å². The molecule has 0 aliphatic carbocycles. The molecule has 0 fully saturated rings. The number of rotatable bonds is 7. The van der Waals surface area contributed by atoms with Gasteiger partial charge in [0.1, 0.15) is 5.75 Å². The van der Waals surface area contributed by atoms with Gasteiger partial charge in [0.25, 0.3) is 0 Å². The fourth-order valence-electron chi connectivity index (χ4n) is 2.40. The second-order valence-electron chi connectivity index (χ2n) is 5.08. The number of nitrogens with one attached hydrogen (secondary N) is 1. The van der Waals surface area contributed by atoms with Crippen LogP contribution in [0.25, 0.3) is 11.0 Å². The molecule has 1 aromatic carbocycles. The summed E-state index contributed by atoms with van der Waals surface area (Å²) in [5, 5.41) is 0.195. The van der Waals surface area contributed by atoms with E-state index in [0.717, 1.165) is 0 Å². The first-order valence-corrected chi connectivity index (χ1v) is 8.72. The van der Waals surface area contributed by atoms with Crippen LogP contribution in [0.4, 0.5) is 8.78 Å². The van der Waals surface area contributed by atoms with Gasteiger partial charge in [0, 0.05) is 18.3 Å². The molecule has 0 aliphatic rings. The Labute approximate surface area is 178 Å². The fraction of sp³-hybridized carbons (Fsp3) is 0.250. The molecular formula is C16H15F2N3NaO4S+. The Bertz CT molecular complexity index is 955. The van der Waals surface area contributed by atoms with E-state index in [4.69, 9.17) is 9.47 Å². The zero-order chi connectivity index (χ0) is 18.7. The largest absolute Gasteiger partial charge is 1.00 e. The number of halogens is 2. The summed E-state index contributed by atoms with van der Waals surface area (Å²) in [5.74, 6) is 0.908. The molecule has 3 rings (SSSR count). The van der Waals surface area contributed by atoms with Crippen molar-refractivity contribution in [3.8, 4) is 17.2 Å². The molecule has 1 unspecified atom stereocenters. The van der Waals surface area contributed by atoms with E-state index in [1.54, 1.807) is 6.07 Å². The van der Waals surface area contributed by atoms with Crippen LogP contribution in [0.15, 0.2) is 35.6 Å². The van der Waals surface area contributed by atoms with Crippen molar-refractivity contribution < 1.29 is 56.8 Å². The molecule has 11 heteroatoms. The molecule has 0 saturated carbocycles. The smallest absolute Gasteiger partial charge is 0.493 e. The van der Waals surface area contributed by atoms with Gasteiger partial charge in [-0.3, -0.25) is 9.19 Å². The van der Waals surface area contributed by atoms with Gasteiger partial charge in [0.05, 0.1) is 47.5 Å². The minimum atomic E-state index is -2.92. The number of fused-ring (bicyclic) bond motifs is 1. The van der Waals surface area contributed by atoms with Crippen LogP contribution in [0.5, 0.6) is 17.2 Å². The third-order valence-electron chi connectivity index (χ3n) is 3.51. The Kier molecular flexibility index (Phi) is 7.54. The summed E-state index contributed by atoms with van der Waals surface area (Å²) < 4.78 is 52.1. The van der Waals surface area contributed by atoms with Crippen molar-refractivity contribution in [2.24, 2.45) is 0 Å². The summed E-state index contributed by atoms with van der Waals surface area (Å²) >= 11 is 0. The van der Waals surface area contributed by atoms with Crippen molar-refractivity contribution in [1.82, 2.24) is 15.0 Å². The SMILES string of the molecule is COc1ccnc(CS(=O)c2nc3ccc(OC(F)F)cc3[nH]2)c1OC.[Na+]. The number of H-pyrrole nitrogens is 1. The molecule has 0 radical (unpaired) electrons. The first kappa shape index (κ1) is 21.5. The molecule has 7 nitrogen and oxygen atoms in total. The number of alkyl halides is 2. The maximum absolute atomic E-state index is 12.6. The van der Waals surface area contributed by atoms with Crippen molar-refractivity contribution in [2.75, 3.05) is 14.2 Å². The molecule has 138 valence electrons. The normalized spacial score (nSPS) is 11.9. The maximum atomic E-state index is 12.6. The second kappa shape index (κ2) is 9.45. The average Bonchev–Trinajstić information content (AvgIpc) is 3.04. The Morgan fingerprint density at radius 1 is 1.22 bits per heavy atom. The van der Waals surface area contributed by atoms with Gasteiger partial charge in [-0.05, 0) is 12.1 Å². The first-order valence-electron chi connectivity index (χ1n) is 7.40. The van der Waals surface area contributed by atoms with Crippen molar-refractivity contribution >= 4 is 21.8 Å². The van der Waals surface area contributed by atoms with Crippen LogP contribution < -0.4 is 43.8 Å². The third-order valence-corrected chi connectivity index (χ3v) is 4.67. The van der Waals surface area contributed by atoms with Crippen molar-refractivity contribution in [3.05, 3.63) is 36.2 Å². The molecule has 0 bridgehead atoms. The van der Waals surface area contributed by atoms with E-state index in [1.165, 1.54) is 38.6 Å². The van der Waals surface area contributed by atoms with Gasteiger partial charge in [-0.1, -0.05) is 0 Å². The molecule has 1 N–H and O–H groups in total. The Morgan fingerprint density at radius 3 is 2.67 bits per heavy atom. The molecule has 27 heavy (non-hydrogen) atoms. The van der Waals surface area contributed by atoms with Gasteiger partial charge in [-0.2, -0.15) is 8.78 Å². The molecule has 3 aromatic rings. The summed E-state index contributed by atoms with van der Waals surface area (Å²) in [4.78, 5) is 11.3. The third kappa shape index (κ3) is 4.95. The molecule has 0 saturated heterocycles. The van der Waals surface area contributed by atoms with Crippen LogP contribution >= 0.6 is 0 Å². The molecule has 2 aromatic heterocycles. The predicted molar refractivity (Wildman–Crippen MR) is 90.2 cm³/mol. The fourth-order valence-corrected chi connectivity index (χ4v) is 3.41. The summed E-state index contributed by atoms with van der Waals surface area (Å²) in [7, 11) is 1.41. The number of hydrogen-bond donors (Lipinski definition) is 1. The van der Waals surface area contributed by atoms with Gasteiger partial charge >= 0.3 is 36.2 Å². The summed E-state index contributed by atoms with van der Waals surface area (Å²) in [6.07, 6.45) is 1.53. The van der Waals surface area contributed by atoms with Gasteiger partial charge in [0.15, 0.2) is 16.7 Å². The van der Waals surface area contributed by atoms with Crippen molar-refractivity contribution in [1.29, 1.82) is 0 Å². The molecule has 2 heterocycles. The topological polar surface area (TPSA) is 86.3 Å². The van der Waals surface area contributed by atoms with Gasteiger partial charge in [-0.15, -0.1) is 0 Å². The van der Waals surface area contributed by atoms with E-state index >= 15 is 0 Å². The van der Waals surface area contributed by atoms with Crippen LogP contribution in [-0.4, -0.2) is 40.0 Å². The number of methoxy groups -OCH3 is 2. The standard InChI is InChI=1S/C16H15F2N3O4S.Na/c1-23-13-5-6-19-12(14(13)24-2)8-26(22)16-20-10-4-3-9(25-15(17)18)7-11(10)21-16;/h3-7,15H,8H2,1-2H3,(H,20,21);/q;+1. The number of pyridine rings is 1. The first-order chi connectivity index (χ1) is 12.5. The second-order valence-corrected chi connectivity index (χ2v) is 6.45. The summed E-state index contributed by atoms with van der Waals surface area (Å²) in [6.45, 7) is -2.92. The number of aromatic nitrogens is 3. The average molecular weight is 406 g/mol. The minimum absolute atomic E-state index is 0. The zero-order valence-electron chi connectivity index (χ0n) is 14.9. The van der Waals surface area contributed by atoms with E-state index in [1.807, 2.05) is 0 Å². The molecule has 0 amide bonds. The van der Waals surface area contributed by atoms with Gasteiger partial charge < -0.3 is 19.2 Å². The Balaban J connectivity index is 0.00000261. The van der Waals surface area contributed by atoms with E-state index in [9.17, 15) is 13.0 Å². The molecule has 1 atom stereocenters. The van der Waals surface area contributed by atoms with Crippen LogP contribution in [0.1, 0.15) is 5.69 Å². The number of ether oxygens (including phenoxy) is 3. The monoisotopic (exact) mass is 406 g/mol. The summed E-state index contributed by atoms with van der Waals surface area (Å²) in [5.41, 5.74) is 1.38. The number of hydrogen-bond acceptors (Lipinski definition) is 6. The van der Waals surface area contributed by atoms with Crippen LogP contribution in [0.2, 0.25) is 0 Å². The quantitative estimate of drug-likeness (QED) is 0.551. The predicted octanol–water partition coefficient (Wildman–Crippen LogP) is -0.112. The molecule has 0 aliphatic heterocycles. The molecular weight excluding hydrogens is 391 g/mol. The van der Waals surface area contributed by atoms with Gasteiger partial charge in [0.2, 0.25) is 0 Å². The van der Waals surface area contributed by atoms with E-state index in [0.29, 0.717) is 28.2 Å². The number of benzene rings is 1. The number of imidazole rings is 1. The zero-order valence-corrected chi connectivity index (χ0v) is 17.7. The number of aromatic amines is 1. The Morgan fingerprint density at radius 2 is 2.00 bits per heavy atom. The minimum Gasteiger partial charge on any atom is -0.493 e. The van der Waals surface area contributed by atoms with Crippen molar-refractivity contribution in [3.63, 3.8) is 0 Å². The van der Waals surface area contributed by atoms with E-state index in [2.05, 4.69) is 19.7 Å².